The first kappa shape index (κ1) is 15.4. The number of rotatable bonds is 3. The molecular formula is C14H18Cl2N2O2. The predicted molar refractivity (Wildman–Crippen MR) is 80.6 cm³/mol. The van der Waals surface area contributed by atoms with Crippen LogP contribution in [0, 0.1) is 0 Å². The first-order chi connectivity index (χ1) is 9.50. The maximum absolute atomic E-state index is 12.4. The largest absolute Gasteiger partial charge is 0.479 e. The molecule has 1 aliphatic rings. The molecule has 0 spiro atoms. The summed E-state index contributed by atoms with van der Waals surface area (Å²) in [6.45, 7) is 6.05. The van der Waals surface area contributed by atoms with Gasteiger partial charge in [-0.25, -0.2) is 0 Å². The number of carbonyl (C=O) groups excluding carboxylic acids is 1. The van der Waals surface area contributed by atoms with Gasteiger partial charge in [0.25, 0.3) is 5.91 Å². The van der Waals surface area contributed by atoms with Crippen LogP contribution in [0.3, 0.4) is 0 Å². The molecule has 1 N–H and O–H groups in total. The van der Waals surface area contributed by atoms with E-state index in [-0.39, 0.29) is 11.9 Å². The van der Waals surface area contributed by atoms with Crippen molar-refractivity contribution >= 4 is 29.1 Å². The van der Waals surface area contributed by atoms with Gasteiger partial charge in [0.1, 0.15) is 10.8 Å². The average Bonchev–Trinajstić information content (AvgIpc) is 2.43. The fraction of sp³-hybridized carbons (Fsp3) is 0.500. The zero-order valence-electron chi connectivity index (χ0n) is 11.5. The minimum atomic E-state index is -0.591. The molecular weight excluding hydrogens is 299 g/mol. The SMILES string of the molecule is CC(Oc1cccc(Cl)c1Cl)C(=O)N1CCNCC1C. The van der Waals surface area contributed by atoms with Gasteiger partial charge in [-0.15, -0.1) is 0 Å². The van der Waals surface area contributed by atoms with Crippen LogP contribution in [-0.4, -0.2) is 42.6 Å². The Bertz CT molecular complexity index is 496. The molecule has 1 fully saturated rings. The van der Waals surface area contributed by atoms with E-state index in [0.717, 1.165) is 13.1 Å². The molecule has 1 saturated heterocycles. The van der Waals surface area contributed by atoms with Gasteiger partial charge in [0.15, 0.2) is 6.10 Å². The number of halogens is 2. The van der Waals surface area contributed by atoms with Crippen LogP contribution in [-0.2, 0) is 4.79 Å². The van der Waals surface area contributed by atoms with Crippen LogP contribution < -0.4 is 10.1 Å². The Balaban J connectivity index is 2.05. The maximum Gasteiger partial charge on any atom is 0.263 e. The summed E-state index contributed by atoms with van der Waals surface area (Å²) in [4.78, 5) is 14.2. The third-order valence-electron chi connectivity index (χ3n) is 3.35. The Morgan fingerprint density at radius 3 is 2.95 bits per heavy atom. The molecule has 2 rings (SSSR count). The minimum Gasteiger partial charge on any atom is -0.479 e. The van der Waals surface area contributed by atoms with E-state index >= 15 is 0 Å². The Labute approximate surface area is 129 Å². The molecule has 0 saturated carbocycles. The van der Waals surface area contributed by atoms with E-state index in [1.54, 1.807) is 25.1 Å². The number of nitrogens with one attached hydrogen (secondary N) is 1. The van der Waals surface area contributed by atoms with Crippen molar-refractivity contribution in [1.29, 1.82) is 0 Å². The Morgan fingerprint density at radius 1 is 1.50 bits per heavy atom. The van der Waals surface area contributed by atoms with Gasteiger partial charge in [-0.3, -0.25) is 4.79 Å². The van der Waals surface area contributed by atoms with Crippen LogP contribution in [0.1, 0.15) is 13.8 Å². The van der Waals surface area contributed by atoms with E-state index in [9.17, 15) is 4.79 Å². The van der Waals surface area contributed by atoms with Gasteiger partial charge >= 0.3 is 0 Å². The van der Waals surface area contributed by atoms with Crippen molar-refractivity contribution in [2.75, 3.05) is 19.6 Å². The van der Waals surface area contributed by atoms with Crippen molar-refractivity contribution in [1.82, 2.24) is 10.2 Å². The van der Waals surface area contributed by atoms with E-state index in [2.05, 4.69) is 5.32 Å². The van der Waals surface area contributed by atoms with Gasteiger partial charge < -0.3 is 15.0 Å². The first-order valence-electron chi connectivity index (χ1n) is 6.62. The molecule has 0 aliphatic carbocycles. The maximum atomic E-state index is 12.4. The van der Waals surface area contributed by atoms with Crippen molar-refractivity contribution in [3.63, 3.8) is 0 Å². The lowest BCUT2D eigenvalue weighted by Gasteiger charge is -2.35. The lowest BCUT2D eigenvalue weighted by Crippen LogP contribution is -2.55. The van der Waals surface area contributed by atoms with E-state index in [1.165, 1.54) is 0 Å². The Morgan fingerprint density at radius 2 is 2.25 bits per heavy atom. The molecule has 20 heavy (non-hydrogen) atoms. The molecule has 1 amide bonds. The third kappa shape index (κ3) is 3.37. The molecule has 0 radical (unpaired) electrons. The summed E-state index contributed by atoms with van der Waals surface area (Å²) in [5.41, 5.74) is 0. The predicted octanol–water partition coefficient (Wildman–Crippen LogP) is 2.58. The van der Waals surface area contributed by atoms with E-state index in [4.69, 9.17) is 27.9 Å². The van der Waals surface area contributed by atoms with Gasteiger partial charge in [-0.2, -0.15) is 0 Å². The minimum absolute atomic E-state index is 0.0324. The molecule has 6 heteroatoms. The van der Waals surface area contributed by atoms with Crippen LogP contribution in [0.15, 0.2) is 18.2 Å². The van der Waals surface area contributed by atoms with Crippen molar-refractivity contribution < 1.29 is 9.53 Å². The van der Waals surface area contributed by atoms with E-state index in [0.29, 0.717) is 22.3 Å². The highest BCUT2D eigenvalue weighted by molar-refractivity contribution is 6.42. The number of hydrogen-bond acceptors (Lipinski definition) is 3. The van der Waals surface area contributed by atoms with E-state index in [1.807, 2.05) is 11.8 Å². The third-order valence-corrected chi connectivity index (χ3v) is 4.15. The Kier molecular flexibility index (Phi) is 5.13. The monoisotopic (exact) mass is 316 g/mol. The molecule has 1 heterocycles. The molecule has 2 unspecified atom stereocenters. The zero-order valence-corrected chi connectivity index (χ0v) is 13.0. The molecule has 0 aromatic heterocycles. The molecule has 1 aliphatic heterocycles. The van der Waals surface area contributed by atoms with Crippen molar-refractivity contribution in [3.8, 4) is 5.75 Å². The van der Waals surface area contributed by atoms with Crippen LogP contribution in [0.25, 0.3) is 0 Å². The summed E-state index contributed by atoms with van der Waals surface area (Å²) in [5, 5.41) is 4.00. The number of benzene rings is 1. The highest BCUT2D eigenvalue weighted by Gasteiger charge is 2.28. The summed E-state index contributed by atoms with van der Waals surface area (Å²) in [5.74, 6) is 0.401. The highest BCUT2D eigenvalue weighted by atomic mass is 35.5. The molecule has 1 aromatic rings. The van der Waals surface area contributed by atoms with Gasteiger partial charge in [-0.1, -0.05) is 29.3 Å². The second-order valence-corrected chi connectivity index (χ2v) is 5.68. The summed E-state index contributed by atoms with van der Waals surface area (Å²) in [6.07, 6.45) is -0.591. The molecule has 2 atom stereocenters. The fourth-order valence-electron chi connectivity index (χ4n) is 2.22. The lowest BCUT2D eigenvalue weighted by molar-refractivity contribution is -0.140. The number of nitrogens with zero attached hydrogens (tertiary/aromatic N) is 1. The normalized spacial score (nSPS) is 20.6. The molecule has 1 aromatic carbocycles. The van der Waals surface area contributed by atoms with Crippen LogP contribution in [0.4, 0.5) is 0 Å². The smallest absolute Gasteiger partial charge is 0.263 e. The molecule has 0 bridgehead atoms. The van der Waals surface area contributed by atoms with Crippen LogP contribution in [0.2, 0.25) is 10.0 Å². The fourth-order valence-corrected chi connectivity index (χ4v) is 2.55. The topological polar surface area (TPSA) is 41.6 Å². The second kappa shape index (κ2) is 6.66. The lowest BCUT2D eigenvalue weighted by atomic mass is 10.2. The molecule has 110 valence electrons. The van der Waals surface area contributed by atoms with Gasteiger partial charge in [0.05, 0.1) is 5.02 Å². The number of carbonyl (C=O) groups is 1. The second-order valence-electron chi connectivity index (χ2n) is 4.90. The van der Waals surface area contributed by atoms with Crippen LogP contribution in [0.5, 0.6) is 5.75 Å². The van der Waals surface area contributed by atoms with Crippen LogP contribution >= 0.6 is 23.2 Å². The Hall–Kier alpha value is -0.970. The number of ether oxygens (including phenoxy) is 1. The summed E-state index contributed by atoms with van der Waals surface area (Å²) in [7, 11) is 0. The van der Waals surface area contributed by atoms with Crippen molar-refractivity contribution in [2.24, 2.45) is 0 Å². The highest BCUT2D eigenvalue weighted by Crippen LogP contribution is 2.32. The summed E-state index contributed by atoms with van der Waals surface area (Å²) < 4.78 is 5.66. The zero-order chi connectivity index (χ0) is 14.7. The number of piperazine rings is 1. The number of amides is 1. The molecule has 4 nitrogen and oxygen atoms in total. The summed E-state index contributed by atoms with van der Waals surface area (Å²) in [6, 6.07) is 5.30. The average molecular weight is 317 g/mol. The summed E-state index contributed by atoms with van der Waals surface area (Å²) >= 11 is 12.0. The standard InChI is InChI=1S/C14H18Cl2N2O2/c1-9-8-17-6-7-18(9)14(19)10(2)20-12-5-3-4-11(15)13(12)16/h3-5,9-10,17H,6-8H2,1-2H3. The van der Waals surface area contributed by atoms with Gasteiger partial charge in [0.2, 0.25) is 0 Å². The van der Waals surface area contributed by atoms with Gasteiger partial charge in [0, 0.05) is 25.7 Å². The quantitative estimate of drug-likeness (QED) is 0.932. The van der Waals surface area contributed by atoms with Gasteiger partial charge in [-0.05, 0) is 26.0 Å². The van der Waals surface area contributed by atoms with Crippen molar-refractivity contribution in [3.05, 3.63) is 28.2 Å². The first-order valence-corrected chi connectivity index (χ1v) is 7.38. The van der Waals surface area contributed by atoms with E-state index < -0.39 is 6.10 Å². The number of hydrogen-bond donors (Lipinski definition) is 1. The van der Waals surface area contributed by atoms with Crippen molar-refractivity contribution in [2.45, 2.75) is 26.0 Å².